The quantitative estimate of drug-likeness (QED) is 0.909. The highest BCUT2D eigenvalue weighted by Gasteiger charge is 2.29. The van der Waals surface area contributed by atoms with Crippen LogP contribution in [-0.2, 0) is 13.0 Å². The van der Waals surface area contributed by atoms with Gasteiger partial charge in [0.1, 0.15) is 0 Å². The van der Waals surface area contributed by atoms with Crippen molar-refractivity contribution in [2.45, 2.75) is 51.1 Å². The van der Waals surface area contributed by atoms with Gasteiger partial charge in [-0.15, -0.1) is 11.3 Å². The van der Waals surface area contributed by atoms with Crippen LogP contribution in [0.15, 0.2) is 23.8 Å². The molecule has 2 atom stereocenters. The van der Waals surface area contributed by atoms with E-state index in [-0.39, 0.29) is 0 Å². The lowest BCUT2D eigenvalue weighted by molar-refractivity contribution is 0.427. The lowest BCUT2D eigenvalue weighted by Gasteiger charge is -2.30. The Bertz CT molecular complexity index is 558. The molecule has 0 aromatic carbocycles. The summed E-state index contributed by atoms with van der Waals surface area (Å²) in [4.78, 5) is 1.59. The van der Waals surface area contributed by atoms with E-state index in [9.17, 15) is 0 Å². The van der Waals surface area contributed by atoms with E-state index in [4.69, 9.17) is 0 Å². The summed E-state index contributed by atoms with van der Waals surface area (Å²) in [6, 6.07) is 2.71. The van der Waals surface area contributed by atoms with Gasteiger partial charge in [0.25, 0.3) is 0 Å². The summed E-state index contributed by atoms with van der Waals surface area (Å²) in [7, 11) is 2.07. The summed E-state index contributed by atoms with van der Waals surface area (Å²) in [5.41, 5.74) is 2.88. The molecule has 0 bridgehead atoms. The number of aromatic nitrogens is 2. The van der Waals surface area contributed by atoms with Crippen LogP contribution in [0.2, 0.25) is 0 Å². The van der Waals surface area contributed by atoms with Gasteiger partial charge in [0.15, 0.2) is 0 Å². The molecule has 2 aromatic heterocycles. The van der Waals surface area contributed by atoms with Crippen molar-refractivity contribution in [2.75, 3.05) is 7.05 Å². The van der Waals surface area contributed by atoms with Gasteiger partial charge in [0.05, 0.1) is 6.20 Å². The number of hydrogen-bond donors (Lipinski definition) is 1. The third-order valence-electron chi connectivity index (χ3n) is 4.28. The summed E-state index contributed by atoms with van der Waals surface area (Å²) in [5.74, 6) is 0.592. The Hall–Kier alpha value is -1.13. The van der Waals surface area contributed by atoms with Crippen molar-refractivity contribution in [3.8, 4) is 0 Å². The van der Waals surface area contributed by atoms with Crippen LogP contribution in [0.5, 0.6) is 0 Å². The summed E-state index contributed by atoms with van der Waals surface area (Å²) in [6.07, 6.45) is 9.22. The molecule has 0 amide bonds. The fraction of sp³-hybridized carbons (Fsp3) is 0.562. The molecule has 0 aliphatic heterocycles. The highest BCUT2D eigenvalue weighted by molar-refractivity contribution is 7.10. The van der Waals surface area contributed by atoms with Gasteiger partial charge in [-0.1, -0.05) is 6.92 Å². The second-order valence-corrected chi connectivity index (χ2v) is 6.60. The maximum absolute atomic E-state index is 4.49. The molecule has 2 aromatic rings. The number of aryl methyl sites for hydroxylation is 2. The van der Waals surface area contributed by atoms with Gasteiger partial charge in [0, 0.05) is 35.1 Å². The zero-order valence-corrected chi connectivity index (χ0v) is 13.1. The van der Waals surface area contributed by atoms with Gasteiger partial charge in [0.2, 0.25) is 0 Å². The minimum atomic E-state index is 0.384. The Kier molecular flexibility index (Phi) is 4.22. The number of hydrogen-bond acceptors (Lipinski definition) is 3. The largest absolute Gasteiger partial charge is 0.312 e. The Morgan fingerprint density at radius 1 is 1.55 bits per heavy atom. The minimum Gasteiger partial charge on any atom is -0.312 e. The second-order valence-electron chi connectivity index (χ2n) is 5.60. The van der Waals surface area contributed by atoms with Gasteiger partial charge in [-0.3, -0.25) is 4.68 Å². The molecule has 2 unspecified atom stereocenters. The monoisotopic (exact) mass is 289 g/mol. The smallest absolute Gasteiger partial charge is 0.0537 e. The third kappa shape index (κ3) is 2.54. The van der Waals surface area contributed by atoms with Crippen LogP contribution in [0.3, 0.4) is 0 Å². The van der Waals surface area contributed by atoms with Crippen molar-refractivity contribution in [1.82, 2.24) is 15.1 Å². The number of thiophene rings is 1. The van der Waals surface area contributed by atoms with Gasteiger partial charge in [-0.25, -0.2) is 0 Å². The average Bonchev–Trinajstić information content (AvgIpc) is 3.09. The highest BCUT2D eigenvalue weighted by Crippen LogP contribution is 2.42. The molecular weight excluding hydrogens is 266 g/mol. The number of nitrogens with one attached hydrogen (secondary N) is 1. The van der Waals surface area contributed by atoms with E-state index in [1.807, 2.05) is 17.5 Å². The fourth-order valence-electron chi connectivity index (χ4n) is 3.36. The first kappa shape index (κ1) is 13.8. The highest BCUT2D eigenvalue weighted by atomic mass is 32.1. The van der Waals surface area contributed by atoms with Crippen molar-refractivity contribution in [3.05, 3.63) is 39.8 Å². The first-order chi connectivity index (χ1) is 9.83. The molecule has 3 nitrogen and oxygen atoms in total. The molecule has 0 fully saturated rings. The van der Waals surface area contributed by atoms with Crippen LogP contribution >= 0.6 is 11.3 Å². The van der Waals surface area contributed by atoms with Crippen LogP contribution in [-0.4, -0.2) is 16.8 Å². The van der Waals surface area contributed by atoms with E-state index in [2.05, 4.69) is 46.7 Å². The molecule has 0 spiro atoms. The number of nitrogens with zero attached hydrogens (tertiary/aromatic N) is 2. The van der Waals surface area contributed by atoms with Gasteiger partial charge >= 0.3 is 0 Å². The lowest BCUT2D eigenvalue weighted by atomic mass is 9.80. The Morgan fingerprint density at radius 2 is 2.45 bits per heavy atom. The molecule has 0 saturated carbocycles. The van der Waals surface area contributed by atoms with Gasteiger partial charge in [-0.2, -0.15) is 5.10 Å². The summed E-state index contributed by atoms with van der Waals surface area (Å²) in [5, 5.41) is 10.3. The number of likely N-dealkylation sites (N-methyl/N-ethyl adjacent to an activating group) is 1. The molecule has 1 aliphatic rings. The molecule has 0 radical (unpaired) electrons. The topological polar surface area (TPSA) is 29.9 Å². The third-order valence-corrected chi connectivity index (χ3v) is 5.27. The van der Waals surface area contributed by atoms with Crippen LogP contribution in [0.1, 0.15) is 54.1 Å². The summed E-state index contributed by atoms with van der Waals surface area (Å²) < 4.78 is 2.07. The average molecular weight is 289 g/mol. The maximum atomic E-state index is 4.49. The van der Waals surface area contributed by atoms with E-state index in [0.717, 1.165) is 13.0 Å². The van der Waals surface area contributed by atoms with E-state index >= 15 is 0 Å². The maximum Gasteiger partial charge on any atom is 0.0537 e. The van der Waals surface area contributed by atoms with Gasteiger partial charge in [-0.05, 0) is 49.7 Å². The molecule has 3 rings (SSSR count). The summed E-state index contributed by atoms with van der Waals surface area (Å²) >= 11 is 1.92. The van der Waals surface area contributed by atoms with E-state index in [1.54, 1.807) is 10.4 Å². The lowest BCUT2D eigenvalue weighted by Crippen LogP contribution is -2.25. The zero-order valence-electron chi connectivity index (χ0n) is 12.3. The van der Waals surface area contributed by atoms with Crippen LogP contribution in [0.25, 0.3) is 0 Å². The normalized spacial score (nSPS) is 19.8. The van der Waals surface area contributed by atoms with E-state index in [1.165, 1.54) is 24.8 Å². The van der Waals surface area contributed by atoms with Crippen molar-refractivity contribution < 1.29 is 0 Å². The van der Waals surface area contributed by atoms with Crippen LogP contribution in [0, 0.1) is 0 Å². The Balaban J connectivity index is 1.87. The molecule has 1 N–H and O–H groups in total. The molecule has 4 heteroatoms. The Labute approximate surface area is 125 Å². The van der Waals surface area contributed by atoms with Crippen molar-refractivity contribution in [2.24, 2.45) is 0 Å². The van der Waals surface area contributed by atoms with Crippen molar-refractivity contribution >= 4 is 11.3 Å². The molecule has 20 heavy (non-hydrogen) atoms. The number of rotatable bonds is 5. The van der Waals surface area contributed by atoms with E-state index in [0.29, 0.717) is 12.0 Å². The van der Waals surface area contributed by atoms with Crippen molar-refractivity contribution in [1.29, 1.82) is 0 Å². The first-order valence-corrected chi connectivity index (χ1v) is 8.47. The molecule has 2 heterocycles. The number of fused-ring (bicyclic) bond motifs is 1. The van der Waals surface area contributed by atoms with Crippen LogP contribution < -0.4 is 5.32 Å². The van der Waals surface area contributed by atoms with Gasteiger partial charge < -0.3 is 5.32 Å². The second kappa shape index (κ2) is 6.10. The van der Waals surface area contributed by atoms with Crippen LogP contribution in [0.4, 0.5) is 0 Å². The molecular formula is C16H23N3S. The summed E-state index contributed by atoms with van der Waals surface area (Å²) in [6.45, 7) is 3.19. The zero-order chi connectivity index (χ0) is 13.9. The predicted molar refractivity (Wildman–Crippen MR) is 84.3 cm³/mol. The molecule has 0 saturated heterocycles. The standard InChI is InChI=1S/C16H23N3S/c1-3-8-19-11-12(10-18-19)16(17-2)14-5-4-6-15-13(14)7-9-20-15/h7,9-11,14,16-17H,3-6,8H2,1-2H3. The molecule has 108 valence electrons. The first-order valence-electron chi connectivity index (χ1n) is 7.59. The SMILES string of the molecule is CCCn1cc(C(NC)C2CCCc3sccc32)cn1. The molecule has 1 aliphatic carbocycles. The predicted octanol–water partition coefficient (Wildman–Crippen LogP) is 3.74. The minimum absolute atomic E-state index is 0.384. The fourth-order valence-corrected chi connectivity index (χ4v) is 4.36. The van der Waals surface area contributed by atoms with Crippen molar-refractivity contribution in [3.63, 3.8) is 0 Å². The van der Waals surface area contributed by atoms with E-state index < -0.39 is 0 Å². The Morgan fingerprint density at radius 3 is 3.25 bits per heavy atom.